The fourth-order valence-corrected chi connectivity index (χ4v) is 2.73. The number of likely N-dealkylation sites (tertiary alicyclic amines) is 1. The molecule has 0 bridgehead atoms. The van der Waals surface area contributed by atoms with Crippen molar-refractivity contribution in [2.24, 2.45) is 5.92 Å². The summed E-state index contributed by atoms with van der Waals surface area (Å²) in [6.07, 6.45) is 2.39. The van der Waals surface area contributed by atoms with Crippen molar-refractivity contribution >= 4 is 22.8 Å². The normalized spacial score (nSPS) is 16.0. The zero-order chi connectivity index (χ0) is 15.7. The second kappa shape index (κ2) is 5.71. The summed E-state index contributed by atoms with van der Waals surface area (Å²) < 4.78 is 13.3. The topological polar surface area (TPSA) is 70.5 Å². The summed E-state index contributed by atoms with van der Waals surface area (Å²) in [5.74, 6) is -1.76. The Kier molecular flexibility index (Phi) is 3.75. The largest absolute Gasteiger partial charge is 0.481 e. The fourth-order valence-electron chi connectivity index (χ4n) is 2.73. The van der Waals surface area contributed by atoms with Gasteiger partial charge < -0.3 is 10.0 Å². The SMILES string of the molecule is O=C(O)C1CCN(C(=O)c2cnc3ccc(F)cc3c2)CC1. The van der Waals surface area contributed by atoms with Crippen LogP contribution in [-0.4, -0.2) is 40.0 Å². The summed E-state index contributed by atoms with van der Waals surface area (Å²) >= 11 is 0. The van der Waals surface area contributed by atoms with Gasteiger partial charge in [-0.3, -0.25) is 14.6 Å². The quantitative estimate of drug-likeness (QED) is 0.924. The van der Waals surface area contributed by atoms with Crippen LogP contribution < -0.4 is 0 Å². The molecule has 1 N–H and O–H groups in total. The molecule has 22 heavy (non-hydrogen) atoms. The van der Waals surface area contributed by atoms with Gasteiger partial charge in [0, 0.05) is 24.7 Å². The van der Waals surface area contributed by atoms with Crippen molar-refractivity contribution in [2.45, 2.75) is 12.8 Å². The van der Waals surface area contributed by atoms with E-state index >= 15 is 0 Å². The second-order valence-corrected chi connectivity index (χ2v) is 5.47. The molecule has 2 aromatic rings. The summed E-state index contributed by atoms with van der Waals surface area (Å²) in [5, 5.41) is 9.55. The van der Waals surface area contributed by atoms with Crippen molar-refractivity contribution in [1.29, 1.82) is 0 Å². The first-order valence-corrected chi connectivity index (χ1v) is 7.12. The summed E-state index contributed by atoms with van der Waals surface area (Å²) in [7, 11) is 0. The first-order valence-electron chi connectivity index (χ1n) is 7.12. The number of aromatic nitrogens is 1. The third-order valence-corrected chi connectivity index (χ3v) is 4.02. The van der Waals surface area contributed by atoms with Gasteiger partial charge in [0.15, 0.2) is 0 Å². The average molecular weight is 302 g/mol. The maximum atomic E-state index is 13.3. The van der Waals surface area contributed by atoms with Crippen LogP contribution in [0.4, 0.5) is 4.39 Å². The van der Waals surface area contributed by atoms with E-state index in [9.17, 15) is 14.0 Å². The van der Waals surface area contributed by atoms with Crippen LogP contribution in [0.5, 0.6) is 0 Å². The second-order valence-electron chi connectivity index (χ2n) is 5.47. The highest BCUT2D eigenvalue weighted by atomic mass is 19.1. The maximum Gasteiger partial charge on any atom is 0.306 e. The third-order valence-electron chi connectivity index (χ3n) is 4.02. The predicted octanol–water partition coefficient (Wildman–Crippen LogP) is 2.31. The maximum absolute atomic E-state index is 13.3. The van der Waals surface area contributed by atoms with E-state index in [0.717, 1.165) is 0 Å². The smallest absolute Gasteiger partial charge is 0.306 e. The van der Waals surface area contributed by atoms with Gasteiger partial charge in [0.25, 0.3) is 5.91 Å². The van der Waals surface area contributed by atoms with Crippen molar-refractivity contribution in [1.82, 2.24) is 9.88 Å². The number of nitrogens with zero attached hydrogens (tertiary/aromatic N) is 2. The molecule has 0 spiro atoms. The van der Waals surface area contributed by atoms with Crippen LogP contribution in [0.15, 0.2) is 30.5 Å². The minimum Gasteiger partial charge on any atom is -0.481 e. The average Bonchev–Trinajstić information content (AvgIpc) is 2.53. The number of carbonyl (C=O) groups is 2. The minimum atomic E-state index is -0.810. The van der Waals surface area contributed by atoms with E-state index in [2.05, 4.69) is 4.98 Å². The van der Waals surface area contributed by atoms with Crippen LogP contribution in [0.2, 0.25) is 0 Å². The molecule has 1 aromatic carbocycles. The van der Waals surface area contributed by atoms with Crippen LogP contribution in [0.1, 0.15) is 23.2 Å². The number of aliphatic carboxylic acids is 1. The molecule has 3 rings (SSSR count). The standard InChI is InChI=1S/C16H15FN2O3/c17-13-1-2-14-11(8-13)7-12(9-18-14)15(20)19-5-3-10(4-6-19)16(21)22/h1-2,7-10H,3-6H2,(H,21,22). The van der Waals surface area contributed by atoms with Gasteiger partial charge in [-0.05, 0) is 37.1 Å². The Balaban J connectivity index is 1.79. The Morgan fingerprint density at radius 1 is 1.23 bits per heavy atom. The van der Waals surface area contributed by atoms with Gasteiger partial charge in [0.2, 0.25) is 0 Å². The molecule has 0 saturated carbocycles. The summed E-state index contributed by atoms with van der Waals surface area (Å²) in [6.45, 7) is 0.827. The molecule has 5 nitrogen and oxygen atoms in total. The number of piperidine rings is 1. The van der Waals surface area contributed by atoms with Gasteiger partial charge in [-0.15, -0.1) is 0 Å². The Labute approximate surface area is 126 Å². The lowest BCUT2D eigenvalue weighted by Crippen LogP contribution is -2.40. The number of hydrogen-bond acceptors (Lipinski definition) is 3. The third kappa shape index (κ3) is 2.77. The van der Waals surface area contributed by atoms with Crippen molar-refractivity contribution in [3.8, 4) is 0 Å². The Morgan fingerprint density at radius 3 is 2.64 bits per heavy atom. The van der Waals surface area contributed by atoms with E-state index in [1.807, 2.05) is 0 Å². The number of amides is 1. The Hall–Kier alpha value is -2.50. The molecular formula is C16H15FN2O3. The lowest BCUT2D eigenvalue weighted by atomic mass is 9.96. The van der Waals surface area contributed by atoms with Crippen molar-refractivity contribution in [3.63, 3.8) is 0 Å². The van der Waals surface area contributed by atoms with Gasteiger partial charge in [0.05, 0.1) is 17.0 Å². The van der Waals surface area contributed by atoms with Crippen LogP contribution >= 0.6 is 0 Å². The van der Waals surface area contributed by atoms with Crippen molar-refractivity contribution in [2.75, 3.05) is 13.1 Å². The number of hydrogen-bond donors (Lipinski definition) is 1. The predicted molar refractivity (Wildman–Crippen MR) is 78.0 cm³/mol. The molecule has 1 fully saturated rings. The molecular weight excluding hydrogens is 287 g/mol. The number of carbonyl (C=O) groups excluding carboxylic acids is 1. The van der Waals surface area contributed by atoms with E-state index in [4.69, 9.17) is 5.11 Å². The number of rotatable bonds is 2. The van der Waals surface area contributed by atoms with Crippen molar-refractivity contribution < 1.29 is 19.1 Å². The molecule has 0 aliphatic carbocycles. The molecule has 1 saturated heterocycles. The van der Waals surface area contributed by atoms with E-state index < -0.39 is 5.97 Å². The number of fused-ring (bicyclic) bond motifs is 1. The van der Waals surface area contributed by atoms with Crippen LogP contribution in [-0.2, 0) is 4.79 Å². The van der Waals surface area contributed by atoms with Gasteiger partial charge in [-0.25, -0.2) is 4.39 Å². The van der Waals surface area contributed by atoms with Gasteiger partial charge in [-0.1, -0.05) is 0 Å². The first-order chi connectivity index (χ1) is 10.5. The lowest BCUT2D eigenvalue weighted by Gasteiger charge is -2.30. The highest BCUT2D eigenvalue weighted by molar-refractivity contribution is 5.97. The Bertz CT molecular complexity index is 739. The molecule has 0 atom stereocenters. The number of carboxylic acids is 1. The van der Waals surface area contributed by atoms with Crippen LogP contribution in [0.25, 0.3) is 10.9 Å². The minimum absolute atomic E-state index is 0.192. The van der Waals surface area contributed by atoms with E-state index in [-0.39, 0.29) is 17.6 Å². The zero-order valence-electron chi connectivity index (χ0n) is 11.8. The number of pyridine rings is 1. The highest BCUT2D eigenvalue weighted by Gasteiger charge is 2.27. The molecule has 6 heteroatoms. The Morgan fingerprint density at radius 2 is 1.95 bits per heavy atom. The number of benzene rings is 1. The molecule has 1 amide bonds. The summed E-state index contributed by atoms with van der Waals surface area (Å²) in [4.78, 5) is 29.2. The van der Waals surface area contributed by atoms with E-state index in [1.54, 1.807) is 17.0 Å². The monoisotopic (exact) mass is 302 g/mol. The van der Waals surface area contributed by atoms with Gasteiger partial charge in [-0.2, -0.15) is 0 Å². The molecule has 1 aliphatic rings. The molecule has 2 heterocycles. The van der Waals surface area contributed by atoms with Gasteiger partial charge >= 0.3 is 5.97 Å². The fraction of sp³-hybridized carbons (Fsp3) is 0.312. The molecule has 1 aliphatic heterocycles. The van der Waals surface area contributed by atoms with E-state index in [0.29, 0.717) is 42.4 Å². The van der Waals surface area contributed by atoms with Gasteiger partial charge in [0.1, 0.15) is 5.82 Å². The summed E-state index contributed by atoms with van der Waals surface area (Å²) in [6, 6.07) is 5.86. The van der Waals surface area contributed by atoms with Crippen molar-refractivity contribution in [3.05, 3.63) is 41.8 Å². The molecule has 0 unspecified atom stereocenters. The highest BCUT2D eigenvalue weighted by Crippen LogP contribution is 2.21. The number of carboxylic acid groups (broad SMARTS) is 1. The molecule has 114 valence electrons. The molecule has 1 aromatic heterocycles. The lowest BCUT2D eigenvalue weighted by molar-refractivity contribution is -0.143. The first kappa shape index (κ1) is 14.4. The van der Waals surface area contributed by atoms with Crippen LogP contribution in [0.3, 0.4) is 0 Å². The zero-order valence-corrected chi connectivity index (χ0v) is 11.8. The van der Waals surface area contributed by atoms with E-state index in [1.165, 1.54) is 18.3 Å². The number of halogens is 1. The molecule has 0 radical (unpaired) electrons. The summed E-state index contributed by atoms with van der Waals surface area (Å²) in [5.41, 5.74) is 1.02. The van der Waals surface area contributed by atoms with Crippen LogP contribution in [0, 0.1) is 11.7 Å².